The van der Waals surface area contributed by atoms with Crippen LogP contribution in [0.1, 0.15) is 26.7 Å². The third kappa shape index (κ3) is 9.36. The van der Waals surface area contributed by atoms with Gasteiger partial charge in [-0.2, -0.15) is 0 Å². The van der Waals surface area contributed by atoms with Gasteiger partial charge in [-0.3, -0.25) is 9.79 Å². The zero-order chi connectivity index (χ0) is 19.5. The molecule has 0 saturated heterocycles. The molecule has 158 valence electrons. The summed E-state index contributed by atoms with van der Waals surface area (Å²) in [7, 11) is 1.70. The lowest BCUT2D eigenvalue weighted by molar-refractivity contribution is -0.122. The van der Waals surface area contributed by atoms with Crippen LogP contribution in [-0.2, 0) is 4.79 Å². The van der Waals surface area contributed by atoms with E-state index < -0.39 is 0 Å². The molecule has 1 saturated carbocycles. The molecule has 8 heteroatoms. The van der Waals surface area contributed by atoms with Crippen molar-refractivity contribution in [1.29, 1.82) is 0 Å². The van der Waals surface area contributed by atoms with Crippen molar-refractivity contribution < 1.29 is 9.53 Å². The van der Waals surface area contributed by atoms with Gasteiger partial charge in [0.15, 0.2) is 5.96 Å². The molecule has 1 aliphatic rings. The first-order valence-electron chi connectivity index (χ1n) is 9.69. The van der Waals surface area contributed by atoms with Gasteiger partial charge in [0.25, 0.3) is 0 Å². The minimum Gasteiger partial charge on any atom is -0.496 e. The number of amides is 1. The van der Waals surface area contributed by atoms with Crippen molar-refractivity contribution in [3.8, 4) is 5.75 Å². The van der Waals surface area contributed by atoms with Crippen molar-refractivity contribution in [1.82, 2.24) is 16.0 Å². The highest BCUT2D eigenvalue weighted by molar-refractivity contribution is 14.0. The Morgan fingerprint density at radius 1 is 1.25 bits per heavy atom. The van der Waals surface area contributed by atoms with E-state index in [9.17, 15) is 4.79 Å². The van der Waals surface area contributed by atoms with Crippen molar-refractivity contribution in [2.24, 2.45) is 16.8 Å². The number of halogens is 1. The van der Waals surface area contributed by atoms with Crippen LogP contribution >= 0.6 is 35.7 Å². The average Bonchev–Trinajstić information content (AvgIpc) is 3.53. The maximum Gasteiger partial charge on any atom is 0.223 e. The topological polar surface area (TPSA) is 74.8 Å². The molecule has 1 aliphatic carbocycles. The number of nitrogens with zero attached hydrogens (tertiary/aromatic N) is 1. The molecule has 3 N–H and O–H groups in total. The molecule has 1 unspecified atom stereocenters. The van der Waals surface area contributed by atoms with E-state index in [1.54, 1.807) is 18.9 Å². The number of hydrogen-bond donors (Lipinski definition) is 3. The molecule has 1 fully saturated rings. The summed E-state index contributed by atoms with van der Waals surface area (Å²) in [5.41, 5.74) is 0. The lowest BCUT2D eigenvalue weighted by atomic mass is 10.2. The number of thioether (sulfide) groups is 1. The number of carbonyl (C=O) groups is 1. The van der Waals surface area contributed by atoms with Crippen LogP contribution < -0.4 is 20.7 Å². The first-order chi connectivity index (χ1) is 13.1. The number of nitrogens with one attached hydrogen (secondary N) is 3. The number of guanidine groups is 1. The van der Waals surface area contributed by atoms with Gasteiger partial charge in [0.2, 0.25) is 5.91 Å². The van der Waals surface area contributed by atoms with E-state index in [1.165, 1.54) is 0 Å². The van der Waals surface area contributed by atoms with Crippen LogP contribution in [0.15, 0.2) is 34.2 Å². The Balaban J connectivity index is 0.00000392. The molecular formula is C20H33IN4O2S. The second kappa shape index (κ2) is 13.9. The molecule has 0 heterocycles. The number of ether oxygens (including phenoxy) is 1. The summed E-state index contributed by atoms with van der Waals surface area (Å²) in [4.78, 5) is 17.5. The fraction of sp³-hybridized carbons (Fsp3) is 0.600. The number of rotatable bonds is 11. The molecule has 1 amide bonds. The molecule has 6 nitrogen and oxygen atoms in total. The number of aliphatic imine (C=N–C) groups is 1. The summed E-state index contributed by atoms with van der Waals surface area (Å²) in [6.07, 6.45) is 2.07. The van der Waals surface area contributed by atoms with Crippen molar-refractivity contribution >= 4 is 47.6 Å². The van der Waals surface area contributed by atoms with Crippen LogP contribution in [0.2, 0.25) is 0 Å². The second-order valence-electron chi connectivity index (χ2n) is 6.78. The van der Waals surface area contributed by atoms with E-state index in [0.717, 1.165) is 48.3 Å². The van der Waals surface area contributed by atoms with E-state index in [-0.39, 0.29) is 35.8 Å². The number of para-hydroxylation sites is 1. The Morgan fingerprint density at radius 3 is 2.64 bits per heavy atom. The zero-order valence-electron chi connectivity index (χ0n) is 17.0. The Kier molecular flexibility index (Phi) is 12.4. The van der Waals surface area contributed by atoms with E-state index in [2.05, 4.69) is 33.9 Å². The highest BCUT2D eigenvalue weighted by Crippen LogP contribution is 2.30. The SMILES string of the molecule is CCNC(=NCC(C)CSc1ccccc1OC)NCCNC(=O)C1CC1.I. The maximum atomic E-state index is 11.6. The van der Waals surface area contributed by atoms with Crippen molar-refractivity contribution in [2.45, 2.75) is 31.6 Å². The number of methoxy groups -OCH3 is 1. The minimum atomic E-state index is 0. The molecule has 28 heavy (non-hydrogen) atoms. The molecule has 0 bridgehead atoms. The number of carbonyl (C=O) groups excluding carboxylic acids is 1. The molecule has 0 radical (unpaired) electrons. The first-order valence-corrected chi connectivity index (χ1v) is 10.7. The molecule has 1 aromatic rings. The van der Waals surface area contributed by atoms with Gasteiger partial charge in [0.05, 0.1) is 7.11 Å². The zero-order valence-corrected chi connectivity index (χ0v) is 20.1. The smallest absolute Gasteiger partial charge is 0.223 e. The van der Waals surface area contributed by atoms with E-state index >= 15 is 0 Å². The fourth-order valence-electron chi connectivity index (χ4n) is 2.47. The summed E-state index contributed by atoms with van der Waals surface area (Å²) < 4.78 is 5.40. The van der Waals surface area contributed by atoms with E-state index in [4.69, 9.17) is 4.74 Å². The maximum absolute atomic E-state index is 11.6. The highest BCUT2D eigenvalue weighted by Gasteiger charge is 2.28. The van der Waals surface area contributed by atoms with E-state index in [1.807, 2.05) is 25.1 Å². The lowest BCUT2D eigenvalue weighted by Gasteiger charge is -2.14. The number of hydrogen-bond acceptors (Lipinski definition) is 4. The predicted octanol–water partition coefficient (Wildman–Crippen LogP) is 3.12. The van der Waals surface area contributed by atoms with Gasteiger partial charge in [-0.05, 0) is 37.8 Å². The molecule has 0 aliphatic heterocycles. The van der Waals surface area contributed by atoms with Crippen LogP contribution in [0.25, 0.3) is 0 Å². The van der Waals surface area contributed by atoms with Crippen molar-refractivity contribution in [3.05, 3.63) is 24.3 Å². The first kappa shape index (κ1) is 24.9. The van der Waals surface area contributed by atoms with E-state index in [0.29, 0.717) is 19.0 Å². The largest absolute Gasteiger partial charge is 0.496 e. The molecular weight excluding hydrogens is 487 g/mol. The Morgan fingerprint density at radius 2 is 1.96 bits per heavy atom. The van der Waals surface area contributed by atoms with Gasteiger partial charge < -0.3 is 20.7 Å². The van der Waals surface area contributed by atoms with Crippen LogP contribution in [0.4, 0.5) is 0 Å². The summed E-state index contributed by atoms with van der Waals surface area (Å²) in [6.45, 7) is 7.10. The van der Waals surface area contributed by atoms with Gasteiger partial charge >= 0.3 is 0 Å². The summed E-state index contributed by atoms with van der Waals surface area (Å²) in [6, 6.07) is 8.09. The molecule has 2 rings (SSSR count). The monoisotopic (exact) mass is 520 g/mol. The van der Waals surface area contributed by atoms with Crippen LogP contribution in [-0.4, -0.2) is 50.9 Å². The van der Waals surface area contributed by atoms with Crippen molar-refractivity contribution in [2.75, 3.05) is 39.0 Å². The summed E-state index contributed by atoms with van der Waals surface area (Å²) in [5.74, 6) is 3.56. The van der Waals surface area contributed by atoms with Gasteiger partial charge in [0.1, 0.15) is 5.75 Å². The summed E-state index contributed by atoms with van der Waals surface area (Å²) >= 11 is 1.80. The molecule has 1 aromatic carbocycles. The Labute approximate surface area is 190 Å². The number of benzene rings is 1. The second-order valence-corrected chi connectivity index (χ2v) is 7.84. The normalized spacial score (nSPS) is 14.6. The molecule has 1 atom stereocenters. The Hall–Kier alpha value is -1.16. The third-order valence-corrected chi connectivity index (χ3v) is 5.55. The average molecular weight is 520 g/mol. The quantitative estimate of drug-likeness (QED) is 0.138. The Bertz CT molecular complexity index is 626. The van der Waals surface area contributed by atoms with Crippen molar-refractivity contribution in [3.63, 3.8) is 0 Å². The van der Waals surface area contributed by atoms with Gasteiger partial charge in [-0.25, -0.2) is 0 Å². The van der Waals surface area contributed by atoms with Crippen LogP contribution in [0.3, 0.4) is 0 Å². The fourth-order valence-corrected chi connectivity index (χ4v) is 3.51. The summed E-state index contributed by atoms with van der Waals surface area (Å²) in [5, 5.41) is 9.49. The van der Waals surface area contributed by atoms with Crippen LogP contribution in [0.5, 0.6) is 5.75 Å². The predicted molar refractivity (Wildman–Crippen MR) is 128 cm³/mol. The lowest BCUT2D eigenvalue weighted by Crippen LogP contribution is -2.42. The minimum absolute atomic E-state index is 0. The van der Waals surface area contributed by atoms with Gasteiger partial charge in [-0.1, -0.05) is 19.1 Å². The van der Waals surface area contributed by atoms with Gasteiger partial charge in [0, 0.05) is 42.7 Å². The third-order valence-electron chi connectivity index (χ3n) is 4.16. The van der Waals surface area contributed by atoms with Crippen LogP contribution in [0, 0.1) is 11.8 Å². The molecule has 0 spiro atoms. The van der Waals surface area contributed by atoms with Gasteiger partial charge in [-0.15, -0.1) is 35.7 Å². The molecule has 0 aromatic heterocycles. The highest BCUT2D eigenvalue weighted by atomic mass is 127. The standard InChI is InChI=1S/C20H32N4O2S.HI/c1-4-21-20(23-12-11-22-19(25)16-9-10-16)24-13-15(2)14-27-18-8-6-5-7-17(18)26-3;/h5-8,15-16H,4,9-14H2,1-3H3,(H,22,25)(H2,21,23,24);1H.